The lowest BCUT2D eigenvalue weighted by atomic mass is 9.78. The highest BCUT2D eigenvalue weighted by Crippen LogP contribution is 2.49. The number of para-hydroxylation sites is 2. The molecule has 3 heterocycles. The van der Waals surface area contributed by atoms with Crippen LogP contribution < -0.4 is 22.6 Å². The number of fused-ring (bicyclic) bond motifs is 4. The maximum absolute atomic E-state index is 13.8. The zero-order valence-electron chi connectivity index (χ0n) is 17.0. The Morgan fingerprint density at radius 1 is 1.00 bits per heavy atom. The number of nitrogens with zero attached hydrogens (tertiary/aromatic N) is 2. The molecule has 1 aromatic heterocycles. The minimum Gasteiger partial charge on any atom is -1.00 e. The van der Waals surface area contributed by atoms with Gasteiger partial charge in [0.2, 0.25) is 0 Å². The van der Waals surface area contributed by atoms with Gasteiger partial charge in [0, 0.05) is 47.0 Å². The van der Waals surface area contributed by atoms with E-state index < -0.39 is 5.54 Å². The van der Waals surface area contributed by atoms with Gasteiger partial charge in [-0.05, 0) is 51.0 Å². The van der Waals surface area contributed by atoms with Crippen LogP contribution >= 0.6 is 0 Å². The second-order valence-corrected chi connectivity index (χ2v) is 7.69. The molecule has 2 aliphatic rings. The van der Waals surface area contributed by atoms with Crippen molar-refractivity contribution in [2.75, 3.05) is 18.0 Å². The van der Waals surface area contributed by atoms with Crippen molar-refractivity contribution in [3.63, 3.8) is 0 Å². The van der Waals surface area contributed by atoms with E-state index in [2.05, 4.69) is 60.1 Å². The molecule has 0 radical (unpaired) electrons. The van der Waals surface area contributed by atoms with Crippen molar-refractivity contribution >= 4 is 11.6 Å². The van der Waals surface area contributed by atoms with Gasteiger partial charge < -0.3 is 21.9 Å². The Labute approximate surface area is 177 Å². The Morgan fingerprint density at radius 3 is 2.41 bits per heavy atom. The second kappa shape index (κ2) is 7.05. The van der Waals surface area contributed by atoms with Gasteiger partial charge in [-0.25, -0.2) is 0 Å². The maximum Gasteiger partial charge on any atom is 0.256 e. The van der Waals surface area contributed by atoms with Crippen molar-refractivity contribution in [1.82, 2.24) is 9.88 Å². The number of benzene rings is 2. The number of carbonyl (C=O) groups is 1. The first-order valence-corrected chi connectivity index (χ1v) is 10.0. The van der Waals surface area contributed by atoms with Gasteiger partial charge in [-0.3, -0.25) is 10.1 Å². The smallest absolute Gasteiger partial charge is 0.256 e. The van der Waals surface area contributed by atoms with Gasteiger partial charge in [0.1, 0.15) is 0 Å². The van der Waals surface area contributed by atoms with Crippen LogP contribution in [0.4, 0.5) is 5.69 Å². The molecule has 5 rings (SSSR count). The quantitative estimate of drug-likeness (QED) is 0.685. The summed E-state index contributed by atoms with van der Waals surface area (Å²) < 4.78 is 2.31. The van der Waals surface area contributed by atoms with Gasteiger partial charge in [-0.2, -0.15) is 0 Å². The molecule has 1 amide bonds. The lowest BCUT2D eigenvalue weighted by molar-refractivity contribution is -0.123. The molecular weight excluding hydrogens is 382 g/mol. The van der Waals surface area contributed by atoms with Crippen LogP contribution in [0.2, 0.25) is 0 Å². The number of hydrogen-bond acceptors (Lipinski definition) is 2. The highest BCUT2D eigenvalue weighted by atomic mass is 35.5. The van der Waals surface area contributed by atoms with Crippen LogP contribution in [-0.4, -0.2) is 23.6 Å². The molecule has 0 saturated carbocycles. The number of likely N-dealkylation sites (N-methyl/N-ethyl adjacent to an activating group) is 1. The van der Waals surface area contributed by atoms with Crippen molar-refractivity contribution in [3.05, 3.63) is 82.7 Å². The zero-order valence-corrected chi connectivity index (χ0v) is 17.8. The maximum atomic E-state index is 13.8. The minimum absolute atomic E-state index is 0. The molecule has 0 saturated heterocycles. The third-order valence-corrected chi connectivity index (χ3v) is 6.41. The molecule has 1 spiro atoms. The number of rotatable bonds is 2. The average Bonchev–Trinajstić information content (AvgIpc) is 3.12. The Bertz CT molecular complexity index is 1090. The van der Waals surface area contributed by atoms with E-state index in [9.17, 15) is 4.79 Å². The number of nitrogens with one attached hydrogen (secondary N) is 1. The molecule has 1 unspecified atom stereocenters. The normalized spacial score (nSPS) is 19.8. The zero-order chi connectivity index (χ0) is 19.5. The summed E-state index contributed by atoms with van der Waals surface area (Å²) in [5.41, 5.74) is 7.31. The Morgan fingerprint density at radius 2 is 1.69 bits per heavy atom. The highest BCUT2D eigenvalue weighted by Gasteiger charge is 2.55. The standard InChI is InChI=1S/C24H25N3O.ClH/c1-4-26-21-13-9-8-12-20(21)24(23(26)28)22-17(3)27(18-10-6-5-7-11-18)16(2)19(22)14-15-25-24;/h5-13,25H,4,14-15H2,1-3H3;1H/p-1. The summed E-state index contributed by atoms with van der Waals surface area (Å²) in [6.07, 6.45) is 0.936. The van der Waals surface area contributed by atoms with Crippen molar-refractivity contribution in [1.29, 1.82) is 0 Å². The van der Waals surface area contributed by atoms with Gasteiger partial charge in [0.05, 0.1) is 0 Å². The first-order chi connectivity index (χ1) is 13.6. The SMILES string of the molecule is CCN1C(=O)C2(NCCc3c2c(C)n(-c2ccccc2)c3C)c2ccccc21.[Cl-]. The summed E-state index contributed by atoms with van der Waals surface area (Å²) in [6.45, 7) is 7.85. The van der Waals surface area contributed by atoms with Crippen molar-refractivity contribution in [3.8, 4) is 5.69 Å². The fraction of sp³-hybridized carbons (Fsp3) is 0.292. The van der Waals surface area contributed by atoms with Gasteiger partial charge in [-0.15, -0.1) is 0 Å². The predicted molar refractivity (Wildman–Crippen MR) is 112 cm³/mol. The summed E-state index contributed by atoms with van der Waals surface area (Å²) in [5, 5.41) is 3.65. The summed E-state index contributed by atoms with van der Waals surface area (Å²) in [6, 6.07) is 18.7. The molecule has 0 bridgehead atoms. The molecular formula is C24H25ClN3O-. The van der Waals surface area contributed by atoms with Crippen LogP contribution in [0.3, 0.4) is 0 Å². The number of carbonyl (C=O) groups excluding carboxylic acids is 1. The Hall–Kier alpha value is -2.56. The summed E-state index contributed by atoms with van der Waals surface area (Å²) in [7, 11) is 0. The average molecular weight is 407 g/mol. The third kappa shape index (κ3) is 2.46. The number of hydrogen-bond donors (Lipinski definition) is 1. The van der Waals surface area contributed by atoms with E-state index >= 15 is 0 Å². The molecule has 3 aromatic rings. The van der Waals surface area contributed by atoms with E-state index in [1.54, 1.807) is 0 Å². The third-order valence-electron chi connectivity index (χ3n) is 6.41. The van der Waals surface area contributed by atoms with E-state index in [1.165, 1.54) is 11.3 Å². The highest BCUT2D eigenvalue weighted by molar-refractivity contribution is 6.10. The molecule has 1 N–H and O–H groups in total. The Kier molecular flexibility index (Phi) is 4.80. The lowest BCUT2D eigenvalue weighted by Gasteiger charge is -2.35. The van der Waals surface area contributed by atoms with Crippen LogP contribution in [0.25, 0.3) is 5.69 Å². The molecule has 4 nitrogen and oxygen atoms in total. The molecule has 1 atom stereocenters. The minimum atomic E-state index is -0.783. The number of aromatic nitrogens is 1. The van der Waals surface area contributed by atoms with Gasteiger partial charge in [0.25, 0.3) is 5.91 Å². The molecule has 5 heteroatoms. The topological polar surface area (TPSA) is 37.3 Å². The summed E-state index contributed by atoms with van der Waals surface area (Å²) in [5.74, 6) is 0.144. The van der Waals surface area contributed by atoms with Gasteiger partial charge >= 0.3 is 0 Å². The number of amides is 1. The van der Waals surface area contributed by atoms with Crippen molar-refractivity contribution in [2.24, 2.45) is 0 Å². The van der Waals surface area contributed by atoms with Crippen LogP contribution in [0.5, 0.6) is 0 Å². The van der Waals surface area contributed by atoms with E-state index in [0.29, 0.717) is 6.54 Å². The van der Waals surface area contributed by atoms with Crippen LogP contribution in [0.1, 0.15) is 35.0 Å². The van der Waals surface area contributed by atoms with Gasteiger partial charge in [-0.1, -0.05) is 36.4 Å². The molecule has 2 aliphatic heterocycles. The molecule has 29 heavy (non-hydrogen) atoms. The van der Waals surface area contributed by atoms with Crippen molar-refractivity contribution < 1.29 is 17.2 Å². The largest absolute Gasteiger partial charge is 1.00 e. The number of halogens is 1. The monoisotopic (exact) mass is 406 g/mol. The van der Waals surface area contributed by atoms with E-state index in [4.69, 9.17) is 0 Å². The van der Waals surface area contributed by atoms with Crippen molar-refractivity contribution in [2.45, 2.75) is 32.7 Å². The first-order valence-electron chi connectivity index (χ1n) is 10.0. The molecule has 0 aliphatic carbocycles. The predicted octanol–water partition coefficient (Wildman–Crippen LogP) is 0.854. The number of anilines is 1. The van der Waals surface area contributed by atoms with Crippen LogP contribution in [0.15, 0.2) is 54.6 Å². The van der Waals surface area contributed by atoms with Gasteiger partial charge in [0.15, 0.2) is 5.54 Å². The van der Waals surface area contributed by atoms with E-state index in [0.717, 1.165) is 41.2 Å². The second-order valence-electron chi connectivity index (χ2n) is 7.69. The Balaban J connectivity index is 0.00000205. The van der Waals surface area contributed by atoms with E-state index in [-0.39, 0.29) is 18.3 Å². The summed E-state index contributed by atoms with van der Waals surface area (Å²) in [4.78, 5) is 15.7. The lowest BCUT2D eigenvalue weighted by Crippen LogP contribution is -3.00. The first kappa shape index (κ1) is 19.7. The molecule has 0 fully saturated rings. The van der Waals surface area contributed by atoms with Crippen LogP contribution in [0, 0.1) is 13.8 Å². The molecule has 150 valence electrons. The van der Waals surface area contributed by atoms with E-state index in [1.807, 2.05) is 30.0 Å². The fourth-order valence-electron chi connectivity index (χ4n) is 5.31. The summed E-state index contributed by atoms with van der Waals surface area (Å²) >= 11 is 0. The van der Waals surface area contributed by atoms with Crippen LogP contribution in [-0.2, 0) is 16.8 Å². The fourth-order valence-corrected chi connectivity index (χ4v) is 5.31. The molecule has 2 aromatic carbocycles.